The van der Waals surface area contributed by atoms with Crippen LogP contribution >= 0.6 is 0 Å². The molecular weight excluding hydrogens is 456 g/mol. The predicted molar refractivity (Wildman–Crippen MR) is 146 cm³/mol. The molecular formula is C26H38N8O2. The Kier molecular flexibility index (Phi) is 11.5. The van der Waals surface area contributed by atoms with Gasteiger partial charge in [0.05, 0.1) is 0 Å². The molecule has 194 valence electrons. The summed E-state index contributed by atoms with van der Waals surface area (Å²) in [6.07, 6.45) is 4.29. The lowest BCUT2D eigenvalue weighted by Gasteiger charge is -2.29. The fourth-order valence-electron chi connectivity index (χ4n) is 3.81. The largest absolute Gasteiger partial charge is 0.384 e. The van der Waals surface area contributed by atoms with Crippen molar-refractivity contribution in [3.8, 4) is 0 Å². The van der Waals surface area contributed by atoms with Crippen LogP contribution in [-0.4, -0.2) is 65.3 Å². The fraction of sp³-hybridized carbons (Fsp3) is 0.423. The molecule has 1 aromatic carbocycles. The molecule has 5 N–H and O–H groups in total. The van der Waals surface area contributed by atoms with Gasteiger partial charge in [-0.25, -0.2) is 15.0 Å². The van der Waals surface area contributed by atoms with Crippen molar-refractivity contribution in [3.05, 3.63) is 47.9 Å². The molecule has 0 aliphatic carbocycles. The van der Waals surface area contributed by atoms with E-state index in [9.17, 15) is 4.79 Å². The minimum Gasteiger partial charge on any atom is -0.384 e. The summed E-state index contributed by atoms with van der Waals surface area (Å²) in [7, 11) is 3.94. The highest BCUT2D eigenvalue weighted by molar-refractivity contribution is 5.95. The molecule has 10 nitrogen and oxygen atoms in total. The Hall–Kier alpha value is -3.79. The summed E-state index contributed by atoms with van der Waals surface area (Å²) in [4.78, 5) is 36.5. The number of rotatable bonds is 6. The number of nitrogens with zero attached hydrogens (tertiary/aromatic N) is 4. The number of hydrogen-bond donors (Lipinski definition) is 4. The zero-order chi connectivity index (χ0) is 26.5. The van der Waals surface area contributed by atoms with Gasteiger partial charge < -0.3 is 31.4 Å². The number of aromatic nitrogens is 3. The van der Waals surface area contributed by atoms with E-state index in [1.807, 2.05) is 45.2 Å². The van der Waals surface area contributed by atoms with E-state index >= 15 is 0 Å². The third kappa shape index (κ3) is 8.16. The van der Waals surface area contributed by atoms with Gasteiger partial charge in [-0.05, 0) is 63.0 Å². The highest BCUT2D eigenvalue weighted by Crippen LogP contribution is 2.24. The van der Waals surface area contributed by atoms with Crippen molar-refractivity contribution in [1.82, 2.24) is 25.2 Å². The molecule has 3 heterocycles. The number of fused-ring (bicyclic) bond motifs is 1. The summed E-state index contributed by atoms with van der Waals surface area (Å²) in [6.45, 7) is 7.93. The van der Waals surface area contributed by atoms with Crippen LogP contribution in [0.4, 0.5) is 17.5 Å². The molecule has 1 aliphatic heterocycles. The Morgan fingerprint density at radius 1 is 1.17 bits per heavy atom. The third-order valence-electron chi connectivity index (χ3n) is 5.58. The Bertz CT molecular complexity index is 1130. The monoisotopic (exact) mass is 494 g/mol. The van der Waals surface area contributed by atoms with Crippen LogP contribution in [0, 0.1) is 0 Å². The number of nitrogens with two attached hydrogens (primary N) is 1. The van der Waals surface area contributed by atoms with E-state index in [4.69, 9.17) is 10.5 Å². The molecule has 36 heavy (non-hydrogen) atoms. The maximum atomic E-state index is 12.7. The van der Waals surface area contributed by atoms with Gasteiger partial charge in [0, 0.05) is 31.1 Å². The highest BCUT2D eigenvalue weighted by atomic mass is 16.1. The number of carbonyl (C=O) groups excluding carboxylic acids is 2. The molecule has 0 radical (unpaired) electrons. The van der Waals surface area contributed by atoms with Gasteiger partial charge in [-0.15, -0.1) is 0 Å². The molecule has 1 fully saturated rings. The summed E-state index contributed by atoms with van der Waals surface area (Å²) >= 11 is 0. The van der Waals surface area contributed by atoms with Gasteiger partial charge in [-0.3, -0.25) is 4.79 Å². The lowest BCUT2D eigenvalue weighted by Crippen LogP contribution is -2.37. The van der Waals surface area contributed by atoms with Gasteiger partial charge in [-0.1, -0.05) is 26.0 Å². The third-order valence-corrected chi connectivity index (χ3v) is 5.58. The normalized spacial score (nSPS) is 13.5. The van der Waals surface area contributed by atoms with Crippen LogP contribution in [0.25, 0.3) is 10.8 Å². The van der Waals surface area contributed by atoms with Gasteiger partial charge in [0.25, 0.3) is 5.91 Å². The highest BCUT2D eigenvalue weighted by Gasteiger charge is 2.17. The van der Waals surface area contributed by atoms with Crippen molar-refractivity contribution < 1.29 is 9.59 Å². The molecule has 2 aromatic heterocycles. The molecule has 0 atom stereocenters. The van der Waals surface area contributed by atoms with Gasteiger partial charge in [0.15, 0.2) is 0 Å². The Labute approximate surface area is 213 Å². The summed E-state index contributed by atoms with van der Waals surface area (Å²) in [5.74, 6) is 1.62. The standard InChI is InChI=1S/C22H28N8O.C2H4O.C2H6/c1-24-21-17-9-14(3-4-15(17)10-19(23)29-21)12-25-22(31)18-11-20(27-13-26-18)28-16-5-7-30(2)8-6-16;1-2-3;1-2/h3-4,9-11,13,16H,5-8,12H2,1-2H3,(H,25,31)(H3,23,24,29)(H,26,27,28);2H,1H3;1-2H3. The first-order valence-electron chi connectivity index (χ1n) is 12.3. The first kappa shape index (κ1) is 28.4. The second-order valence-corrected chi connectivity index (χ2v) is 8.13. The van der Waals surface area contributed by atoms with E-state index in [-0.39, 0.29) is 5.91 Å². The number of likely N-dealkylation sites (tertiary alicyclic amines) is 1. The average Bonchev–Trinajstić information content (AvgIpc) is 2.90. The lowest BCUT2D eigenvalue weighted by atomic mass is 10.1. The second kappa shape index (κ2) is 14.6. The van der Waals surface area contributed by atoms with Crippen LogP contribution < -0.4 is 21.7 Å². The van der Waals surface area contributed by atoms with Crippen LogP contribution in [-0.2, 0) is 11.3 Å². The number of benzene rings is 1. The molecule has 0 unspecified atom stereocenters. The molecule has 3 aromatic rings. The zero-order valence-corrected chi connectivity index (χ0v) is 21.8. The Morgan fingerprint density at radius 2 is 1.86 bits per heavy atom. The molecule has 0 spiro atoms. The summed E-state index contributed by atoms with van der Waals surface area (Å²) in [5, 5.41) is 11.4. The van der Waals surface area contributed by atoms with E-state index in [1.54, 1.807) is 6.07 Å². The fourth-order valence-corrected chi connectivity index (χ4v) is 3.81. The Balaban J connectivity index is 0.000000850. The molecule has 10 heteroatoms. The maximum absolute atomic E-state index is 12.7. The number of nitrogen functional groups attached to an aromatic ring is 1. The minimum absolute atomic E-state index is 0.238. The Morgan fingerprint density at radius 3 is 2.53 bits per heavy atom. The van der Waals surface area contributed by atoms with Gasteiger partial charge in [0.2, 0.25) is 0 Å². The van der Waals surface area contributed by atoms with E-state index in [2.05, 4.69) is 42.8 Å². The minimum atomic E-state index is -0.238. The number of piperidine rings is 1. The molecule has 1 amide bonds. The van der Waals surface area contributed by atoms with E-state index in [0.29, 0.717) is 35.7 Å². The average molecular weight is 495 g/mol. The quantitative estimate of drug-likeness (QED) is 0.380. The molecule has 1 saturated heterocycles. The van der Waals surface area contributed by atoms with Crippen LogP contribution in [0.15, 0.2) is 36.7 Å². The predicted octanol–water partition coefficient (Wildman–Crippen LogP) is 3.32. The van der Waals surface area contributed by atoms with Crippen LogP contribution in [0.3, 0.4) is 0 Å². The van der Waals surface area contributed by atoms with E-state index < -0.39 is 0 Å². The maximum Gasteiger partial charge on any atom is 0.270 e. The summed E-state index contributed by atoms with van der Waals surface area (Å²) in [6, 6.07) is 9.85. The van der Waals surface area contributed by atoms with Crippen LogP contribution in [0.5, 0.6) is 0 Å². The second-order valence-electron chi connectivity index (χ2n) is 8.13. The van der Waals surface area contributed by atoms with Crippen LogP contribution in [0.2, 0.25) is 0 Å². The topological polar surface area (TPSA) is 138 Å². The first-order chi connectivity index (χ1) is 17.4. The molecule has 1 aliphatic rings. The number of pyridine rings is 1. The smallest absolute Gasteiger partial charge is 0.270 e. The number of carbonyl (C=O) groups is 2. The summed E-state index contributed by atoms with van der Waals surface area (Å²) < 4.78 is 0. The van der Waals surface area contributed by atoms with Crippen molar-refractivity contribution >= 4 is 40.4 Å². The van der Waals surface area contributed by atoms with Crippen molar-refractivity contribution in [2.45, 2.75) is 46.2 Å². The number of amides is 1. The number of anilines is 3. The number of nitrogens with one attached hydrogen (secondary N) is 3. The molecule has 4 rings (SSSR count). The van der Waals surface area contributed by atoms with Crippen LogP contribution in [0.1, 0.15) is 49.7 Å². The van der Waals surface area contributed by atoms with Crippen molar-refractivity contribution in [2.24, 2.45) is 0 Å². The van der Waals surface area contributed by atoms with Gasteiger partial charge in [-0.2, -0.15) is 0 Å². The zero-order valence-electron chi connectivity index (χ0n) is 21.8. The first-order valence-corrected chi connectivity index (χ1v) is 12.3. The lowest BCUT2D eigenvalue weighted by molar-refractivity contribution is -0.106. The van der Waals surface area contributed by atoms with Gasteiger partial charge >= 0.3 is 0 Å². The SMILES string of the molecule is CC.CC=O.CNc1nc(N)cc2ccc(CNC(=O)c3cc(NC4CCN(C)CC4)ncn3)cc12. The molecule has 0 saturated carbocycles. The van der Waals surface area contributed by atoms with E-state index in [0.717, 1.165) is 48.6 Å². The van der Waals surface area contributed by atoms with Gasteiger partial charge in [0.1, 0.15) is 35.8 Å². The van der Waals surface area contributed by atoms with Crippen molar-refractivity contribution in [2.75, 3.05) is 43.6 Å². The summed E-state index contributed by atoms with van der Waals surface area (Å²) in [5.41, 5.74) is 7.16. The number of hydrogen-bond acceptors (Lipinski definition) is 9. The van der Waals surface area contributed by atoms with Crippen molar-refractivity contribution in [3.63, 3.8) is 0 Å². The molecule has 0 bridgehead atoms. The van der Waals surface area contributed by atoms with Crippen molar-refractivity contribution in [1.29, 1.82) is 0 Å². The van der Waals surface area contributed by atoms with E-state index in [1.165, 1.54) is 13.3 Å². The number of aldehydes is 1.